The predicted molar refractivity (Wildman–Crippen MR) is 83.2 cm³/mol. The smallest absolute Gasteiger partial charge is 0.320 e. The van der Waals surface area contributed by atoms with Gasteiger partial charge in [-0.15, -0.1) is 0 Å². The summed E-state index contributed by atoms with van der Waals surface area (Å²) in [4.78, 5) is 40.2. The van der Waals surface area contributed by atoms with Crippen molar-refractivity contribution >= 4 is 23.7 Å². The van der Waals surface area contributed by atoms with Crippen LogP contribution in [0.1, 0.15) is 29.6 Å². The molecule has 3 amide bonds. The molecule has 0 aromatic carbocycles. The molecule has 0 aliphatic heterocycles. The van der Waals surface area contributed by atoms with Crippen LogP contribution in [0.5, 0.6) is 0 Å². The molecule has 1 aliphatic carbocycles. The third kappa shape index (κ3) is 4.41. The highest BCUT2D eigenvalue weighted by molar-refractivity contribution is 5.96. The van der Waals surface area contributed by atoms with Crippen LogP contribution in [0.25, 0.3) is 0 Å². The van der Waals surface area contributed by atoms with Crippen molar-refractivity contribution in [2.24, 2.45) is 5.92 Å². The number of anilines is 1. The van der Waals surface area contributed by atoms with Gasteiger partial charge in [0.2, 0.25) is 0 Å². The number of aromatic nitrogens is 1. The number of carboxylic acids is 1. The zero-order valence-electron chi connectivity index (χ0n) is 13.1. The van der Waals surface area contributed by atoms with Crippen molar-refractivity contribution in [1.29, 1.82) is 0 Å². The van der Waals surface area contributed by atoms with Crippen LogP contribution in [0.4, 0.5) is 10.6 Å². The zero-order valence-corrected chi connectivity index (χ0v) is 13.1. The summed E-state index contributed by atoms with van der Waals surface area (Å²) in [6, 6.07) is 2.45. The van der Waals surface area contributed by atoms with Crippen LogP contribution in [-0.4, -0.2) is 53.0 Å². The lowest BCUT2D eigenvalue weighted by Crippen LogP contribution is -2.37. The molecule has 0 saturated heterocycles. The molecule has 0 unspecified atom stereocenters. The molecule has 0 radical (unpaired) electrons. The number of pyridine rings is 1. The Kier molecular flexibility index (Phi) is 5.15. The molecule has 0 spiro atoms. The quantitative estimate of drug-likeness (QED) is 0.770. The van der Waals surface area contributed by atoms with E-state index in [4.69, 9.17) is 5.11 Å². The van der Waals surface area contributed by atoms with E-state index in [1.807, 2.05) is 0 Å². The lowest BCUT2D eigenvalue weighted by Gasteiger charge is -2.14. The largest absolute Gasteiger partial charge is 0.481 e. The average Bonchev–Trinajstić information content (AvgIpc) is 2.95. The summed E-state index contributed by atoms with van der Waals surface area (Å²) >= 11 is 0. The number of rotatable bonds is 4. The zero-order chi connectivity index (χ0) is 17.0. The van der Waals surface area contributed by atoms with Crippen molar-refractivity contribution in [1.82, 2.24) is 15.2 Å². The number of nitrogens with one attached hydrogen (secondary N) is 2. The highest BCUT2D eigenvalue weighted by Gasteiger charge is 2.30. The van der Waals surface area contributed by atoms with Gasteiger partial charge in [0, 0.05) is 31.9 Å². The standard InChI is InChI=1S/C15H20N4O4/c1-19(2)13(20)9-5-6-16-12(8-9)18-15(23)17-11-4-3-10(7-11)14(21)22/h5-6,8,10-11H,3-4,7H2,1-2H3,(H,21,22)(H2,16,17,18,23)/t10-,11+/m0/s1. The van der Waals surface area contributed by atoms with Crippen LogP contribution in [-0.2, 0) is 4.79 Å². The summed E-state index contributed by atoms with van der Waals surface area (Å²) in [5, 5.41) is 14.3. The van der Waals surface area contributed by atoms with Gasteiger partial charge >= 0.3 is 12.0 Å². The maximum atomic E-state index is 12.0. The topological polar surface area (TPSA) is 112 Å². The van der Waals surface area contributed by atoms with Crippen molar-refractivity contribution in [2.45, 2.75) is 25.3 Å². The van der Waals surface area contributed by atoms with E-state index in [-0.39, 0.29) is 17.8 Å². The fourth-order valence-electron chi connectivity index (χ4n) is 2.56. The maximum absolute atomic E-state index is 12.0. The summed E-state index contributed by atoms with van der Waals surface area (Å²) in [5.74, 6) is -1.15. The molecule has 1 saturated carbocycles. The first kappa shape index (κ1) is 16.7. The molecule has 3 N–H and O–H groups in total. The Morgan fingerprint density at radius 3 is 2.65 bits per heavy atom. The van der Waals surface area contributed by atoms with Gasteiger partial charge in [0.15, 0.2) is 0 Å². The summed E-state index contributed by atoms with van der Waals surface area (Å²) in [6.07, 6.45) is 3.07. The maximum Gasteiger partial charge on any atom is 0.320 e. The van der Waals surface area contributed by atoms with Crippen molar-refractivity contribution in [3.8, 4) is 0 Å². The van der Waals surface area contributed by atoms with Gasteiger partial charge in [0.05, 0.1) is 5.92 Å². The number of carbonyl (C=O) groups excluding carboxylic acids is 2. The van der Waals surface area contributed by atoms with Crippen molar-refractivity contribution < 1.29 is 19.5 Å². The first-order valence-electron chi connectivity index (χ1n) is 7.35. The van der Waals surface area contributed by atoms with Gasteiger partial charge in [0.1, 0.15) is 5.82 Å². The van der Waals surface area contributed by atoms with Crippen molar-refractivity contribution in [3.05, 3.63) is 23.9 Å². The summed E-state index contributed by atoms with van der Waals surface area (Å²) in [7, 11) is 3.28. The fraction of sp³-hybridized carbons (Fsp3) is 0.467. The number of amides is 3. The second-order valence-electron chi connectivity index (χ2n) is 5.77. The Hall–Kier alpha value is -2.64. The second-order valence-corrected chi connectivity index (χ2v) is 5.77. The lowest BCUT2D eigenvalue weighted by molar-refractivity contribution is -0.141. The van der Waals surface area contributed by atoms with Gasteiger partial charge in [-0.1, -0.05) is 0 Å². The summed E-state index contributed by atoms with van der Waals surface area (Å²) in [5.41, 5.74) is 0.423. The number of carbonyl (C=O) groups is 3. The second kappa shape index (κ2) is 7.08. The van der Waals surface area contributed by atoms with Gasteiger partial charge in [0.25, 0.3) is 5.91 Å². The van der Waals surface area contributed by atoms with E-state index >= 15 is 0 Å². The molecule has 1 aromatic rings. The molecular weight excluding hydrogens is 300 g/mol. The number of urea groups is 1. The molecule has 124 valence electrons. The summed E-state index contributed by atoms with van der Waals surface area (Å²) < 4.78 is 0. The molecule has 8 nitrogen and oxygen atoms in total. The van der Waals surface area contributed by atoms with Gasteiger partial charge in [-0.05, 0) is 31.4 Å². The minimum absolute atomic E-state index is 0.164. The van der Waals surface area contributed by atoms with Gasteiger partial charge in [-0.3, -0.25) is 14.9 Å². The molecular formula is C15H20N4O4. The number of nitrogens with zero attached hydrogens (tertiary/aromatic N) is 2. The third-order valence-electron chi connectivity index (χ3n) is 3.77. The minimum Gasteiger partial charge on any atom is -0.481 e. The lowest BCUT2D eigenvalue weighted by atomic mass is 10.1. The van der Waals surface area contributed by atoms with Crippen LogP contribution >= 0.6 is 0 Å². The van der Waals surface area contributed by atoms with Crippen molar-refractivity contribution in [2.75, 3.05) is 19.4 Å². The van der Waals surface area contributed by atoms with Gasteiger partial charge < -0.3 is 15.3 Å². The Morgan fingerprint density at radius 2 is 2.04 bits per heavy atom. The van der Waals surface area contributed by atoms with Gasteiger partial charge in [-0.25, -0.2) is 9.78 Å². The molecule has 2 atom stereocenters. The number of carboxylic acid groups (broad SMARTS) is 1. The van der Waals surface area contributed by atoms with Crippen LogP contribution in [0.2, 0.25) is 0 Å². The van der Waals surface area contributed by atoms with E-state index in [0.717, 1.165) is 0 Å². The molecule has 23 heavy (non-hydrogen) atoms. The normalized spacial score (nSPS) is 19.9. The number of hydrogen-bond acceptors (Lipinski definition) is 4. The van der Waals surface area contributed by atoms with E-state index in [9.17, 15) is 14.4 Å². The first-order chi connectivity index (χ1) is 10.9. The van der Waals surface area contributed by atoms with Crippen LogP contribution in [0.3, 0.4) is 0 Å². The molecule has 0 bridgehead atoms. The first-order valence-corrected chi connectivity index (χ1v) is 7.35. The molecule has 1 fully saturated rings. The summed E-state index contributed by atoms with van der Waals surface area (Å²) in [6.45, 7) is 0. The number of aliphatic carboxylic acids is 1. The fourth-order valence-corrected chi connectivity index (χ4v) is 2.56. The highest BCUT2D eigenvalue weighted by Crippen LogP contribution is 2.25. The molecule has 2 rings (SSSR count). The third-order valence-corrected chi connectivity index (χ3v) is 3.77. The Labute approximate surface area is 133 Å². The Bertz CT molecular complexity index is 617. The van der Waals surface area contributed by atoms with E-state index in [1.165, 1.54) is 17.2 Å². The molecule has 1 aromatic heterocycles. The van der Waals surface area contributed by atoms with E-state index in [1.54, 1.807) is 20.2 Å². The van der Waals surface area contributed by atoms with Gasteiger partial charge in [-0.2, -0.15) is 0 Å². The van der Waals surface area contributed by atoms with Crippen LogP contribution < -0.4 is 10.6 Å². The molecule has 8 heteroatoms. The van der Waals surface area contributed by atoms with E-state index < -0.39 is 17.9 Å². The van der Waals surface area contributed by atoms with E-state index in [0.29, 0.717) is 24.8 Å². The van der Waals surface area contributed by atoms with E-state index in [2.05, 4.69) is 15.6 Å². The predicted octanol–water partition coefficient (Wildman–Crippen LogP) is 1.16. The Balaban J connectivity index is 1.92. The SMILES string of the molecule is CN(C)C(=O)c1ccnc(NC(=O)N[C@@H]2CC[C@H](C(=O)O)C2)c1. The monoisotopic (exact) mass is 320 g/mol. The minimum atomic E-state index is -0.828. The average molecular weight is 320 g/mol. The molecule has 1 aliphatic rings. The van der Waals surface area contributed by atoms with Crippen LogP contribution in [0, 0.1) is 5.92 Å². The van der Waals surface area contributed by atoms with Crippen LogP contribution in [0.15, 0.2) is 18.3 Å². The number of hydrogen-bond donors (Lipinski definition) is 3. The highest BCUT2D eigenvalue weighted by atomic mass is 16.4. The molecule has 1 heterocycles. The van der Waals surface area contributed by atoms with Crippen molar-refractivity contribution in [3.63, 3.8) is 0 Å². The Morgan fingerprint density at radius 1 is 1.30 bits per heavy atom.